The van der Waals surface area contributed by atoms with Gasteiger partial charge in [-0.15, -0.1) is 0 Å². The van der Waals surface area contributed by atoms with E-state index in [0.717, 1.165) is 6.08 Å². The van der Waals surface area contributed by atoms with Crippen LogP contribution in [-0.4, -0.2) is 22.6 Å². The molecule has 1 N–H and O–H groups in total. The van der Waals surface area contributed by atoms with E-state index in [2.05, 4.69) is 11.3 Å². The zero-order chi connectivity index (χ0) is 9.07. The van der Waals surface area contributed by atoms with Gasteiger partial charge >= 0.3 is 11.9 Å². The molecule has 0 aromatic heterocycles. The number of carbonyl (C=O) groups is 2. The van der Waals surface area contributed by atoms with Crippen LogP contribution in [0, 0.1) is 0 Å². The molecule has 0 aliphatic carbocycles. The Bertz CT molecular complexity index is 187. The van der Waals surface area contributed by atoms with E-state index in [9.17, 15) is 9.59 Å². The third kappa shape index (κ3) is 3.52. The minimum absolute atomic E-state index is 0.851. The highest BCUT2D eigenvalue weighted by molar-refractivity contribution is 5.94. The Kier molecular flexibility index (Phi) is 2.95. The average molecular weight is 158 g/mol. The van der Waals surface area contributed by atoms with Crippen molar-refractivity contribution < 1.29 is 19.4 Å². The van der Waals surface area contributed by atoms with Crippen molar-refractivity contribution >= 4 is 11.9 Å². The molecule has 4 nitrogen and oxygen atoms in total. The van der Waals surface area contributed by atoms with Crippen LogP contribution in [0.3, 0.4) is 0 Å². The van der Waals surface area contributed by atoms with Crippen LogP contribution in [0.2, 0.25) is 0 Å². The molecule has 0 saturated carbocycles. The van der Waals surface area contributed by atoms with Crippen molar-refractivity contribution in [3.05, 3.63) is 12.7 Å². The van der Waals surface area contributed by atoms with E-state index >= 15 is 0 Å². The van der Waals surface area contributed by atoms with Gasteiger partial charge in [0.15, 0.2) is 5.60 Å². The second-order valence-corrected chi connectivity index (χ2v) is 2.47. The van der Waals surface area contributed by atoms with Gasteiger partial charge in [-0.25, -0.2) is 9.59 Å². The Labute approximate surface area is 64.5 Å². The van der Waals surface area contributed by atoms with Gasteiger partial charge in [0.25, 0.3) is 0 Å². The molecule has 0 aromatic rings. The molecule has 0 unspecified atom stereocenters. The molecule has 0 atom stereocenters. The maximum absolute atomic E-state index is 10.7. The van der Waals surface area contributed by atoms with Crippen molar-refractivity contribution in [3.8, 4) is 0 Å². The molecule has 0 aliphatic heterocycles. The third-order valence-corrected chi connectivity index (χ3v) is 0.859. The lowest BCUT2D eigenvalue weighted by Crippen LogP contribution is -2.34. The van der Waals surface area contributed by atoms with Gasteiger partial charge in [-0.1, -0.05) is 6.58 Å². The molecule has 0 rings (SSSR count). The molecule has 4 heteroatoms. The number of aliphatic hydroxyl groups is 1. The van der Waals surface area contributed by atoms with E-state index in [1.165, 1.54) is 13.8 Å². The molecule has 0 fully saturated rings. The van der Waals surface area contributed by atoms with Crippen molar-refractivity contribution in [1.82, 2.24) is 0 Å². The fourth-order valence-electron chi connectivity index (χ4n) is 0.258. The molecule has 0 amide bonds. The average Bonchev–Trinajstić information content (AvgIpc) is 1.85. The highest BCUT2D eigenvalue weighted by Gasteiger charge is 2.27. The zero-order valence-electron chi connectivity index (χ0n) is 6.46. The van der Waals surface area contributed by atoms with Crippen LogP contribution < -0.4 is 0 Å². The lowest BCUT2D eigenvalue weighted by Gasteiger charge is -2.12. The molecule has 0 spiro atoms. The topological polar surface area (TPSA) is 63.6 Å². The van der Waals surface area contributed by atoms with Gasteiger partial charge in [-0.05, 0) is 13.8 Å². The summed E-state index contributed by atoms with van der Waals surface area (Å²) in [5.41, 5.74) is -1.64. The van der Waals surface area contributed by atoms with Gasteiger partial charge in [0, 0.05) is 6.08 Å². The number of ether oxygens (including phenoxy) is 1. The third-order valence-electron chi connectivity index (χ3n) is 0.859. The fourth-order valence-corrected chi connectivity index (χ4v) is 0.258. The highest BCUT2D eigenvalue weighted by atomic mass is 16.6. The summed E-state index contributed by atoms with van der Waals surface area (Å²) in [6, 6.07) is 0. The number of esters is 2. The Morgan fingerprint density at radius 3 is 2.27 bits per heavy atom. The number of carbonyl (C=O) groups excluding carboxylic acids is 2. The lowest BCUT2D eigenvalue weighted by atomic mass is 10.1. The van der Waals surface area contributed by atoms with Crippen LogP contribution in [0.5, 0.6) is 0 Å². The van der Waals surface area contributed by atoms with Crippen LogP contribution in [0.25, 0.3) is 0 Å². The van der Waals surface area contributed by atoms with E-state index in [0.29, 0.717) is 0 Å². The number of hydrogen-bond donors (Lipinski definition) is 1. The van der Waals surface area contributed by atoms with E-state index in [1.807, 2.05) is 0 Å². The molecule has 62 valence electrons. The van der Waals surface area contributed by atoms with Gasteiger partial charge < -0.3 is 9.84 Å². The number of hydrogen-bond acceptors (Lipinski definition) is 4. The van der Waals surface area contributed by atoms with E-state index < -0.39 is 17.5 Å². The summed E-state index contributed by atoms with van der Waals surface area (Å²) in [6.45, 7) is 5.54. The summed E-state index contributed by atoms with van der Waals surface area (Å²) in [6.07, 6.45) is 0.851. The summed E-state index contributed by atoms with van der Waals surface area (Å²) >= 11 is 0. The normalized spacial score (nSPS) is 10.5. The van der Waals surface area contributed by atoms with Crippen molar-refractivity contribution in [3.63, 3.8) is 0 Å². The molecule has 0 radical (unpaired) electrons. The molecule has 0 saturated heterocycles. The van der Waals surface area contributed by atoms with E-state index in [4.69, 9.17) is 5.11 Å². The van der Waals surface area contributed by atoms with Gasteiger partial charge in [0.1, 0.15) is 0 Å². The summed E-state index contributed by atoms with van der Waals surface area (Å²) in [5, 5.41) is 8.97. The lowest BCUT2D eigenvalue weighted by molar-refractivity contribution is -0.168. The largest absolute Gasteiger partial charge is 0.388 e. The highest BCUT2D eigenvalue weighted by Crippen LogP contribution is 2.03. The monoisotopic (exact) mass is 158 g/mol. The standard InChI is InChI=1S/C7H10O4/c1-4-5(8)11-6(9)7(2,3)10/h4,10H,1H2,2-3H3. The second-order valence-electron chi connectivity index (χ2n) is 2.47. The molecule has 11 heavy (non-hydrogen) atoms. The quantitative estimate of drug-likeness (QED) is 0.349. The smallest absolute Gasteiger partial charge is 0.345 e. The van der Waals surface area contributed by atoms with Gasteiger partial charge in [0.05, 0.1) is 0 Å². The van der Waals surface area contributed by atoms with Crippen molar-refractivity contribution in [1.29, 1.82) is 0 Å². The summed E-state index contributed by atoms with van der Waals surface area (Å²) in [4.78, 5) is 21.1. The Hall–Kier alpha value is -1.16. The zero-order valence-corrected chi connectivity index (χ0v) is 6.46. The first-order valence-electron chi connectivity index (χ1n) is 2.99. The predicted octanol–water partition coefficient (Wildman–Crippen LogP) is 0.0131. The first-order chi connectivity index (χ1) is 4.88. The van der Waals surface area contributed by atoms with Gasteiger partial charge in [-0.3, -0.25) is 0 Å². The Morgan fingerprint density at radius 1 is 1.55 bits per heavy atom. The van der Waals surface area contributed by atoms with Crippen LogP contribution in [-0.2, 0) is 14.3 Å². The Balaban J connectivity index is 4.09. The van der Waals surface area contributed by atoms with Crippen LogP contribution in [0.15, 0.2) is 12.7 Å². The Morgan fingerprint density at radius 2 is 2.00 bits per heavy atom. The molecule has 0 bridgehead atoms. The molecule has 0 heterocycles. The van der Waals surface area contributed by atoms with Crippen LogP contribution in [0.1, 0.15) is 13.8 Å². The maximum Gasteiger partial charge on any atom is 0.345 e. The fraction of sp³-hybridized carbons (Fsp3) is 0.429. The summed E-state index contributed by atoms with van der Waals surface area (Å²) < 4.78 is 4.12. The first kappa shape index (κ1) is 9.84. The van der Waals surface area contributed by atoms with Crippen molar-refractivity contribution in [2.75, 3.05) is 0 Å². The summed E-state index contributed by atoms with van der Waals surface area (Å²) in [5.74, 6) is -1.85. The predicted molar refractivity (Wildman–Crippen MR) is 37.6 cm³/mol. The second kappa shape index (κ2) is 3.30. The number of rotatable bonds is 2. The van der Waals surface area contributed by atoms with Gasteiger partial charge in [-0.2, -0.15) is 0 Å². The van der Waals surface area contributed by atoms with E-state index in [1.54, 1.807) is 0 Å². The van der Waals surface area contributed by atoms with Crippen LogP contribution >= 0.6 is 0 Å². The van der Waals surface area contributed by atoms with Gasteiger partial charge in [0.2, 0.25) is 0 Å². The first-order valence-corrected chi connectivity index (χ1v) is 2.99. The minimum atomic E-state index is -1.64. The molecular weight excluding hydrogens is 148 g/mol. The molecule has 0 aromatic carbocycles. The minimum Gasteiger partial charge on any atom is -0.388 e. The van der Waals surface area contributed by atoms with E-state index in [-0.39, 0.29) is 0 Å². The summed E-state index contributed by atoms with van der Waals surface area (Å²) in [7, 11) is 0. The molecular formula is C7H10O4. The SMILES string of the molecule is C=CC(=O)OC(=O)C(C)(C)O. The van der Waals surface area contributed by atoms with Crippen molar-refractivity contribution in [2.45, 2.75) is 19.4 Å². The maximum atomic E-state index is 10.7. The van der Waals surface area contributed by atoms with Crippen molar-refractivity contribution in [2.24, 2.45) is 0 Å². The molecule has 0 aliphatic rings. The van der Waals surface area contributed by atoms with Crippen LogP contribution in [0.4, 0.5) is 0 Å².